The zero-order valence-corrected chi connectivity index (χ0v) is 9.48. The van der Waals surface area contributed by atoms with Crippen molar-refractivity contribution in [2.45, 2.75) is 39.2 Å². The number of hydrogen-bond acceptors (Lipinski definition) is 3. The fraction of sp³-hybridized carbons (Fsp3) is 0.667. The molecule has 3 unspecified atom stereocenters. The number of nitrogens with zero attached hydrogens (tertiary/aromatic N) is 2. The first-order chi connectivity index (χ1) is 7.31. The van der Waals surface area contributed by atoms with Gasteiger partial charge in [-0.3, -0.25) is 0 Å². The first kappa shape index (κ1) is 10.4. The summed E-state index contributed by atoms with van der Waals surface area (Å²) in [4.78, 5) is 8.41. The van der Waals surface area contributed by atoms with E-state index in [0.717, 1.165) is 17.8 Å². The molecule has 1 aliphatic rings. The summed E-state index contributed by atoms with van der Waals surface area (Å²) < 4.78 is 0. The highest BCUT2D eigenvalue weighted by Crippen LogP contribution is 2.35. The van der Waals surface area contributed by atoms with Crippen molar-refractivity contribution in [3.05, 3.63) is 18.5 Å². The van der Waals surface area contributed by atoms with Crippen molar-refractivity contribution in [2.75, 3.05) is 5.32 Å². The smallest absolute Gasteiger partial charge is 0.222 e. The van der Waals surface area contributed by atoms with Gasteiger partial charge in [-0.25, -0.2) is 9.97 Å². The number of anilines is 1. The normalized spacial score (nSPS) is 30.4. The maximum absolute atomic E-state index is 4.21. The second-order valence-electron chi connectivity index (χ2n) is 4.43. The van der Waals surface area contributed by atoms with Crippen LogP contribution in [0.2, 0.25) is 0 Å². The fourth-order valence-electron chi connectivity index (χ4n) is 2.57. The van der Waals surface area contributed by atoms with E-state index >= 15 is 0 Å². The van der Waals surface area contributed by atoms with Crippen molar-refractivity contribution >= 4 is 5.95 Å². The summed E-state index contributed by atoms with van der Waals surface area (Å²) in [5, 5.41) is 3.43. The third-order valence-corrected chi connectivity index (χ3v) is 3.63. The summed E-state index contributed by atoms with van der Waals surface area (Å²) in [6.07, 6.45) is 7.44. The van der Waals surface area contributed by atoms with E-state index in [1.54, 1.807) is 12.4 Å². The van der Waals surface area contributed by atoms with Crippen LogP contribution in [0, 0.1) is 11.8 Å². The van der Waals surface area contributed by atoms with Crippen LogP contribution in [0.1, 0.15) is 33.1 Å². The molecule has 0 amide bonds. The Labute approximate surface area is 91.3 Å². The average Bonchev–Trinajstić information content (AvgIpc) is 2.62. The molecule has 1 aliphatic carbocycles. The lowest BCUT2D eigenvalue weighted by Gasteiger charge is -2.20. The Morgan fingerprint density at radius 2 is 2.07 bits per heavy atom. The predicted molar refractivity (Wildman–Crippen MR) is 61.6 cm³/mol. The van der Waals surface area contributed by atoms with Crippen molar-refractivity contribution in [3.63, 3.8) is 0 Å². The molecule has 1 saturated carbocycles. The summed E-state index contributed by atoms with van der Waals surface area (Å²) in [7, 11) is 0. The SMILES string of the molecule is CCC1CCC(Nc2ncccn2)C1C. The lowest BCUT2D eigenvalue weighted by molar-refractivity contribution is 0.391. The zero-order valence-electron chi connectivity index (χ0n) is 9.48. The second kappa shape index (κ2) is 4.60. The number of rotatable bonds is 3. The van der Waals surface area contributed by atoms with Crippen LogP contribution in [-0.2, 0) is 0 Å². The molecule has 1 aromatic rings. The summed E-state index contributed by atoms with van der Waals surface area (Å²) in [6.45, 7) is 4.62. The van der Waals surface area contributed by atoms with Gasteiger partial charge >= 0.3 is 0 Å². The molecule has 0 saturated heterocycles. The molecule has 1 heterocycles. The molecule has 1 N–H and O–H groups in total. The van der Waals surface area contributed by atoms with E-state index in [0.29, 0.717) is 6.04 Å². The van der Waals surface area contributed by atoms with Gasteiger partial charge in [0.05, 0.1) is 0 Å². The fourth-order valence-corrected chi connectivity index (χ4v) is 2.57. The van der Waals surface area contributed by atoms with Gasteiger partial charge in [0, 0.05) is 18.4 Å². The number of nitrogens with one attached hydrogen (secondary N) is 1. The molecular formula is C12H19N3. The van der Waals surface area contributed by atoms with E-state index in [-0.39, 0.29) is 0 Å². The molecule has 0 aliphatic heterocycles. The minimum absolute atomic E-state index is 0.553. The molecule has 15 heavy (non-hydrogen) atoms. The lowest BCUT2D eigenvalue weighted by atomic mass is 9.94. The monoisotopic (exact) mass is 205 g/mol. The highest BCUT2D eigenvalue weighted by molar-refractivity contribution is 5.25. The average molecular weight is 205 g/mol. The molecule has 0 spiro atoms. The van der Waals surface area contributed by atoms with Crippen LogP contribution in [0.4, 0.5) is 5.95 Å². The first-order valence-corrected chi connectivity index (χ1v) is 5.84. The van der Waals surface area contributed by atoms with Crippen LogP contribution in [0.25, 0.3) is 0 Å². The van der Waals surface area contributed by atoms with Gasteiger partial charge < -0.3 is 5.32 Å². The molecule has 1 aromatic heterocycles. The third-order valence-electron chi connectivity index (χ3n) is 3.63. The molecule has 3 atom stereocenters. The van der Waals surface area contributed by atoms with E-state index in [4.69, 9.17) is 0 Å². The van der Waals surface area contributed by atoms with Crippen molar-refractivity contribution in [3.8, 4) is 0 Å². The van der Waals surface area contributed by atoms with Gasteiger partial charge in [-0.1, -0.05) is 20.3 Å². The zero-order chi connectivity index (χ0) is 10.7. The maximum Gasteiger partial charge on any atom is 0.222 e. The highest BCUT2D eigenvalue weighted by atomic mass is 15.1. The second-order valence-corrected chi connectivity index (χ2v) is 4.43. The predicted octanol–water partition coefficient (Wildman–Crippen LogP) is 2.71. The number of aromatic nitrogens is 2. The Kier molecular flexibility index (Phi) is 3.19. The van der Waals surface area contributed by atoms with E-state index in [9.17, 15) is 0 Å². The summed E-state index contributed by atoms with van der Waals surface area (Å²) in [5.74, 6) is 2.37. The minimum atomic E-state index is 0.553. The standard InChI is InChI=1S/C12H19N3/c1-3-10-5-6-11(9(10)2)15-12-13-7-4-8-14-12/h4,7-11H,3,5-6H2,1-2H3,(H,13,14,15). The molecule has 0 bridgehead atoms. The van der Waals surface area contributed by atoms with Gasteiger partial charge in [0.2, 0.25) is 5.95 Å². The van der Waals surface area contributed by atoms with Crippen molar-refractivity contribution in [1.29, 1.82) is 0 Å². The van der Waals surface area contributed by atoms with Crippen LogP contribution in [0.5, 0.6) is 0 Å². The Morgan fingerprint density at radius 3 is 2.67 bits per heavy atom. The molecule has 82 valence electrons. The van der Waals surface area contributed by atoms with Crippen LogP contribution < -0.4 is 5.32 Å². The first-order valence-electron chi connectivity index (χ1n) is 5.84. The van der Waals surface area contributed by atoms with Crippen LogP contribution >= 0.6 is 0 Å². The van der Waals surface area contributed by atoms with Gasteiger partial charge in [0.25, 0.3) is 0 Å². The molecule has 2 rings (SSSR count). The minimum Gasteiger partial charge on any atom is -0.351 e. The molecule has 1 fully saturated rings. The van der Waals surface area contributed by atoms with Crippen molar-refractivity contribution < 1.29 is 0 Å². The highest BCUT2D eigenvalue weighted by Gasteiger charge is 2.31. The largest absolute Gasteiger partial charge is 0.351 e. The van der Waals surface area contributed by atoms with Crippen LogP contribution in [0.15, 0.2) is 18.5 Å². The topological polar surface area (TPSA) is 37.8 Å². The maximum atomic E-state index is 4.21. The van der Waals surface area contributed by atoms with Gasteiger partial charge in [-0.05, 0) is 30.7 Å². The molecule has 0 aromatic carbocycles. The van der Waals surface area contributed by atoms with Crippen LogP contribution in [0.3, 0.4) is 0 Å². The Hall–Kier alpha value is -1.12. The van der Waals surface area contributed by atoms with Gasteiger partial charge in [0.1, 0.15) is 0 Å². The Bertz CT molecular complexity index is 299. The van der Waals surface area contributed by atoms with Crippen molar-refractivity contribution in [1.82, 2.24) is 9.97 Å². The van der Waals surface area contributed by atoms with E-state index in [2.05, 4.69) is 29.1 Å². The number of hydrogen-bond donors (Lipinski definition) is 1. The van der Waals surface area contributed by atoms with Gasteiger partial charge in [-0.2, -0.15) is 0 Å². The van der Waals surface area contributed by atoms with E-state index in [1.165, 1.54) is 19.3 Å². The van der Waals surface area contributed by atoms with E-state index in [1.807, 2.05) is 6.07 Å². The van der Waals surface area contributed by atoms with Gasteiger partial charge in [0.15, 0.2) is 0 Å². The Morgan fingerprint density at radius 1 is 1.33 bits per heavy atom. The quantitative estimate of drug-likeness (QED) is 0.824. The van der Waals surface area contributed by atoms with E-state index < -0.39 is 0 Å². The third kappa shape index (κ3) is 2.28. The van der Waals surface area contributed by atoms with Gasteiger partial charge in [-0.15, -0.1) is 0 Å². The summed E-state index contributed by atoms with van der Waals surface area (Å²) in [6, 6.07) is 2.40. The lowest BCUT2D eigenvalue weighted by Crippen LogP contribution is -2.25. The van der Waals surface area contributed by atoms with Crippen molar-refractivity contribution in [2.24, 2.45) is 11.8 Å². The molecule has 3 heteroatoms. The Balaban J connectivity index is 1.96. The molecule has 3 nitrogen and oxygen atoms in total. The summed E-state index contributed by atoms with van der Waals surface area (Å²) >= 11 is 0. The molecular weight excluding hydrogens is 186 g/mol. The summed E-state index contributed by atoms with van der Waals surface area (Å²) in [5.41, 5.74) is 0. The molecule has 0 radical (unpaired) electrons. The van der Waals surface area contributed by atoms with Crippen LogP contribution in [-0.4, -0.2) is 16.0 Å².